The normalized spacial score (nSPS) is 29.5. The highest BCUT2D eigenvalue weighted by Crippen LogP contribution is 2.31. The number of carbonyl (C=O) groups is 3. The molecule has 22 heavy (non-hydrogen) atoms. The average Bonchev–Trinajstić information content (AvgIpc) is 2.49. The molecule has 0 aromatic heterocycles. The van der Waals surface area contributed by atoms with Crippen LogP contribution < -0.4 is 0 Å². The number of carboxylic acid groups (broad SMARTS) is 1. The van der Waals surface area contributed by atoms with Crippen molar-refractivity contribution in [3.8, 4) is 0 Å². The summed E-state index contributed by atoms with van der Waals surface area (Å²) in [5.74, 6) is -4.35. The molecule has 0 spiro atoms. The molecule has 5 atom stereocenters. The van der Waals surface area contributed by atoms with Crippen molar-refractivity contribution in [3.05, 3.63) is 0 Å². The number of aliphatic carboxylic acids is 1. The number of hydrogen-bond donors (Lipinski definition) is 2. The van der Waals surface area contributed by atoms with E-state index in [1.165, 1.54) is 6.92 Å². The lowest BCUT2D eigenvalue weighted by Gasteiger charge is -2.41. The third kappa shape index (κ3) is 4.41. The summed E-state index contributed by atoms with van der Waals surface area (Å²) in [6.45, 7) is 4.39. The maximum atomic E-state index is 11.6. The van der Waals surface area contributed by atoms with Crippen LogP contribution in [0.5, 0.6) is 0 Å². The van der Waals surface area contributed by atoms with Crippen LogP contribution in [0, 0.1) is 11.8 Å². The van der Waals surface area contributed by atoms with E-state index in [9.17, 15) is 19.5 Å². The molecule has 1 rings (SSSR count). The molecule has 0 radical (unpaired) electrons. The monoisotopic (exact) mass is 318 g/mol. The molecule has 1 fully saturated rings. The maximum Gasteiger partial charge on any atom is 0.306 e. The molecule has 0 amide bonds. The lowest BCUT2D eigenvalue weighted by Crippen LogP contribution is -2.55. The third-order valence-electron chi connectivity index (χ3n) is 3.60. The van der Waals surface area contributed by atoms with Crippen LogP contribution in [0.4, 0.5) is 0 Å². The highest BCUT2D eigenvalue weighted by Gasteiger charge is 2.48. The summed E-state index contributed by atoms with van der Waals surface area (Å²) in [6, 6.07) is 0. The molecule has 1 aliphatic rings. The molecule has 0 aromatic rings. The van der Waals surface area contributed by atoms with Gasteiger partial charge in [-0.15, -0.1) is 0 Å². The van der Waals surface area contributed by atoms with Crippen LogP contribution in [-0.4, -0.2) is 53.2 Å². The molecule has 2 unspecified atom stereocenters. The standard InChI is InChI=1S/C14H22O8/c1-4-9(15)21-8-6-20-14(19)11(7(3)13(17)18)12(8)22-10(16)5-2/h7-8,11-12,14,19H,4-6H2,1-3H3,(H,17,18)/t7?,8-,11-,12+,14?/m1/s1. The lowest BCUT2D eigenvalue weighted by atomic mass is 9.84. The molecule has 0 bridgehead atoms. The molecule has 2 N–H and O–H groups in total. The number of aliphatic hydroxyl groups excluding tert-OH is 1. The Morgan fingerprint density at radius 2 is 1.73 bits per heavy atom. The van der Waals surface area contributed by atoms with Gasteiger partial charge in [0.2, 0.25) is 0 Å². The molecule has 0 aromatic carbocycles. The largest absolute Gasteiger partial charge is 0.481 e. The number of aliphatic hydroxyl groups is 1. The fraction of sp³-hybridized carbons (Fsp3) is 0.786. The molecule has 0 saturated carbocycles. The van der Waals surface area contributed by atoms with Gasteiger partial charge >= 0.3 is 17.9 Å². The third-order valence-corrected chi connectivity index (χ3v) is 3.60. The van der Waals surface area contributed by atoms with E-state index < -0.39 is 48.2 Å². The van der Waals surface area contributed by atoms with Crippen LogP contribution in [0.15, 0.2) is 0 Å². The number of esters is 2. The van der Waals surface area contributed by atoms with Gasteiger partial charge in [-0.1, -0.05) is 20.8 Å². The maximum absolute atomic E-state index is 11.6. The molecular weight excluding hydrogens is 296 g/mol. The molecule has 8 heteroatoms. The predicted molar refractivity (Wildman–Crippen MR) is 72.6 cm³/mol. The SMILES string of the molecule is CCC(=O)O[C@@H]1[C@@H](C(C)C(=O)O)C(O)OC[C@H]1OC(=O)CC. The summed E-state index contributed by atoms with van der Waals surface area (Å²) in [4.78, 5) is 34.3. The van der Waals surface area contributed by atoms with E-state index in [0.717, 1.165) is 0 Å². The first-order valence-corrected chi connectivity index (χ1v) is 7.23. The number of ether oxygens (including phenoxy) is 3. The van der Waals surface area contributed by atoms with Gasteiger partial charge in [0, 0.05) is 12.8 Å². The van der Waals surface area contributed by atoms with Crippen LogP contribution in [0.3, 0.4) is 0 Å². The van der Waals surface area contributed by atoms with Crippen molar-refractivity contribution in [1.29, 1.82) is 0 Å². The van der Waals surface area contributed by atoms with Crippen LogP contribution >= 0.6 is 0 Å². The van der Waals surface area contributed by atoms with E-state index in [1.54, 1.807) is 13.8 Å². The fourth-order valence-corrected chi connectivity index (χ4v) is 2.25. The minimum absolute atomic E-state index is 0.0794. The van der Waals surface area contributed by atoms with Gasteiger partial charge in [-0.05, 0) is 0 Å². The van der Waals surface area contributed by atoms with Gasteiger partial charge in [-0.3, -0.25) is 14.4 Å². The summed E-state index contributed by atoms with van der Waals surface area (Å²) in [5.41, 5.74) is 0. The van der Waals surface area contributed by atoms with Gasteiger partial charge in [-0.2, -0.15) is 0 Å². The summed E-state index contributed by atoms with van der Waals surface area (Å²) in [6.07, 6.45) is -3.24. The van der Waals surface area contributed by atoms with E-state index in [0.29, 0.717) is 0 Å². The summed E-state index contributed by atoms with van der Waals surface area (Å²) >= 11 is 0. The average molecular weight is 318 g/mol. The molecule has 8 nitrogen and oxygen atoms in total. The summed E-state index contributed by atoms with van der Waals surface area (Å²) in [5, 5.41) is 19.1. The zero-order chi connectivity index (χ0) is 16.9. The van der Waals surface area contributed by atoms with Crippen molar-refractivity contribution in [1.82, 2.24) is 0 Å². The van der Waals surface area contributed by atoms with Gasteiger partial charge in [0.05, 0.1) is 18.4 Å². The fourth-order valence-electron chi connectivity index (χ4n) is 2.25. The number of carbonyl (C=O) groups excluding carboxylic acids is 2. The zero-order valence-electron chi connectivity index (χ0n) is 12.9. The van der Waals surface area contributed by atoms with Gasteiger partial charge in [0.25, 0.3) is 0 Å². The molecular formula is C14H22O8. The first-order valence-electron chi connectivity index (χ1n) is 7.23. The summed E-state index contributed by atoms with van der Waals surface area (Å²) in [7, 11) is 0. The van der Waals surface area contributed by atoms with Crippen molar-refractivity contribution >= 4 is 17.9 Å². The highest BCUT2D eigenvalue weighted by atomic mass is 16.6. The molecule has 1 heterocycles. The van der Waals surface area contributed by atoms with Crippen molar-refractivity contribution in [2.45, 2.75) is 52.1 Å². The minimum atomic E-state index is -1.42. The molecule has 1 saturated heterocycles. The number of hydrogen-bond acceptors (Lipinski definition) is 7. The lowest BCUT2D eigenvalue weighted by molar-refractivity contribution is -0.254. The van der Waals surface area contributed by atoms with Crippen LogP contribution in [0.25, 0.3) is 0 Å². The smallest absolute Gasteiger partial charge is 0.306 e. The number of carboxylic acids is 1. The number of rotatable bonds is 6. The Morgan fingerprint density at radius 3 is 2.23 bits per heavy atom. The van der Waals surface area contributed by atoms with Crippen molar-refractivity contribution < 1.29 is 38.8 Å². The first kappa shape index (κ1) is 18.4. The first-order chi connectivity index (χ1) is 10.3. The zero-order valence-corrected chi connectivity index (χ0v) is 12.9. The van der Waals surface area contributed by atoms with Gasteiger partial charge in [0.15, 0.2) is 12.4 Å². The Labute approximate surface area is 128 Å². The van der Waals surface area contributed by atoms with Gasteiger partial charge in [-0.25, -0.2) is 0 Å². The quantitative estimate of drug-likeness (QED) is 0.672. The van der Waals surface area contributed by atoms with E-state index in [1.807, 2.05) is 0 Å². The van der Waals surface area contributed by atoms with Crippen molar-refractivity contribution in [2.75, 3.05) is 6.61 Å². The highest BCUT2D eigenvalue weighted by molar-refractivity contribution is 5.72. The van der Waals surface area contributed by atoms with E-state index in [2.05, 4.69) is 0 Å². The van der Waals surface area contributed by atoms with E-state index >= 15 is 0 Å². The molecule has 1 aliphatic heterocycles. The second-order valence-electron chi connectivity index (χ2n) is 5.12. The Hall–Kier alpha value is -1.67. The Balaban J connectivity index is 3.03. The second kappa shape index (κ2) is 8.09. The second-order valence-corrected chi connectivity index (χ2v) is 5.12. The Morgan fingerprint density at radius 1 is 1.18 bits per heavy atom. The van der Waals surface area contributed by atoms with Crippen LogP contribution in [-0.2, 0) is 28.6 Å². The van der Waals surface area contributed by atoms with E-state index in [-0.39, 0.29) is 19.4 Å². The molecule has 126 valence electrons. The molecule has 0 aliphatic carbocycles. The van der Waals surface area contributed by atoms with Crippen LogP contribution in [0.1, 0.15) is 33.6 Å². The van der Waals surface area contributed by atoms with Gasteiger partial charge in [0.1, 0.15) is 6.10 Å². The predicted octanol–water partition coefficient (Wildman–Crippen LogP) is 0.315. The van der Waals surface area contributed by atoms with Crippen molar-refractivity contribution in [3.63, 3.8) is 0 Å². The topological polar surface area (TPSA) is 119 Å². The van der Waals surface area contributed by atoms with Crippen LogP contribution in [0.2, 0.25) is 0 Å². The van der Waals surface area contributed by atoms with Crippen molar-refractivity contribution in [2.24, 2.45) is 11.8 Å². The van der Waals surface area contributed by atoms with E-state index in [4.69, 9.17) is 19.3 Å². The minimum Gasteiger partial charge on any atom is -0.481 e. The Kier molecular flexibility index (Phi) is 6.76. The summed E-state index contributed by atoms with van der Waals surface area (Å²) < 4.78 is 15.5. The Bertz CT molecular complexity index is 421. The van der Waals surface area contributed by atoms with Gasteiger partial charge < -0.3 is 24.4 Å².